The van der Waals surface area contributed by atoms with E-state index in [9.17, 15) is 9.59 Å². The lowest BCUT2D eigenvalue weighted by molar-refractivity contribution is -0.149. The molecule has 2 N–H and O–H groups in total. The Morgan fingerprint density at radius 3 is 2.57 bits per heavy atom. The number of benzene rings is 1. The zero-order chi connectivity index (χ0) is 15.5. The number of carboxylic acids is 1. The van der Waals surface area contributed by atoms with Gasteiger partial charge in [0.05, 0.1) is 13.7 Å². The van der Waals surface area contributed by atoms with Crippen LogP contribution in [0.3, 0.4) is 0 Å². The van der Waals surface area contributed by atoms with Gasteiger partial charge < -0.3 is 19.9 Å². The molecule has 1 aromatic rings. The zero-order valence-electron chi connectivity index (χ0n) is 12.1. The largest absolute Gasteiger partial charge is 0.493 e. The highest BCUT2D eigenvalue weighted by Gasteiger charge is 2.56. The summed E-state index contributed by atoms with van der Waals surface area (Å²) < 4.78 is 10.6. The molecule has 1 fully saturated rings. The first kappa shape index (κ1) is 15.2. The minimum atomic E-state index is -1.21. The second-order valence-electron chi connectivity index (χ2n) is 4.99. The number of hydrogen-bond donors (Lipinski definition) is 2. The summed E-state index contributed by atoms with van der Waals surface area (Å²) in [6.45, 7) is 2.64. The number of rotatable bonds is 7. The highest BCUT2D eigenvalue weighted by molar-refractivity contribution is 6.04. The van der Waals surface area contributed by atoms with Crippen molar-refractivity contribution in [3.8, 4) is 11.5 Å². The first-order valence-electron chi connectivity index (χ1n) is 6.85. The Morgan fingerprint density at radius 2 is 2.05 bits per heavy atom. The molecule has 1 aromatic carbocycles. The Labute approximate surface area is 123 Å². The Kier molecular flexibility index (Phi) is 4.35. The van der Waals surface area contributed by atoms with Gasteiger partial charge in [-0.25, -0.2) is 0 Å². The van der Waals surface area contributed by atoms with Crippen molar-refractivity contribution in [2.24, 2.45) is 5.41 Å². The topological polar surface area (TPSA) is 84.9 Å². The van der Waals surface area contributed by atoms with Gasteiger partial charge in [-0.05, 0) is 37.5 Å². The number of carbonyl (C=O) groups is 2. The average Bonchev–Trinajstić information content (AvgIpc) is 3.27. The molecule has 1 aliphatic rings. The summed E-state index contributed by atoms with van der Waals surface area (Å²) in [5, 5.41) is 11.7. The van der Waals surface area contributed by atoms with Crippen LogP contribution in [0.25, 0.3) is 0 Å². The molecule has 1 saturated carbocycles. The number of aliphatic carboxylic acids is 1. The predicted molar refractivity (Wildman–Crippen MR) is 75.3 cm³/mol. The molecule has 0 aliphatic heterocycles. The first-order valence-corrected chi connectivity index (χ1v) is 6.85. The predicted octanol–water partition coefficient (Wildman–Crippen LogP) is 1.57. The number of amides is 1. The third kappa shape index (κ3) is 3.09. The molecule has 6 heteroatoms. The standard InChI is InChI=1S/C15H19NO5/c1-3-21-12-8-10(4-5-11(12)20-2)9-16-13(17)15(6-7-15)14(18)19/h4-5,8H,3,6-7,9H2,1-2H3,(H,16,17)(H,18,19). The van der Waals surface area contributed by atoms with Crippen LogP contribution in [0.2, 0.25) is 0 Å². The van der Waals surface area contributed by atoms with Crippen LogP contribution in [-0.4, -0.2) is 30.7 Å². The van der Waals surface area contributed by atoms with Crippen molar-refractivity contribution in [2.75, 3.05) is 13.7 Å². The van der Waals surface area contributed by atoms with Gasteiger partial charge in [0.1, 0.15) is 5.41 Å². The maximum Gasteiger partial charge on any atom is 0.319 e. The van der Waals surface area contributed by atoms with Crippen LogP contribution in [-0.2, 0) is 16.1 Å². The van der Waals surface area contributed by atoms with Crippen LogP contribution in [0.4, 0.5) is 0 Å². The third-order valence-corrected chi connectivity index (χ3v) is 3.57. The fourth-order valence-electron chi connectivity index (χ4n) is 2.11. The van der Waals surface area contributed by atoms with Crippen molar-refractivity contribution in [2.45, 2.75) is 26.3 Å². The minimum absolute atomic E-state index is 0.262. The molecule has 0 saturated heterocycles. The number of ether oxygens (including phenoxy) is 2. The van der Waals surface area contributed by atoms with Crippen LogP contribution >= 0.6 is 0 Å². The van der Waals surface area contributed by atoms with Crippen LogP contribution in [0.5, 0.6) is 11.5 Å². The van der Waals surface area contributed by atoms with Gasteiger partial charge in [-0.2, -0.15) is 0 Å². The molecule has 1 amide bonds. The van der Waals surface area contributed by atoms with Gasteiger partial charge in [-0.3, -0.25) is 9.59 Å². The van der Waals surface area contributed by atoms with Crippen LogP contribution in [0.1, 0.15) is 25.3 Å². The summed E-state index contributed by atoms with van der Waals surface area (Å²) in [4.78, 5) is 23.0. The Morgan fingerprint density at radius 1 is 1.33 bits per heavy atom. The molecule has 0 heterocycles. The van der Waals surface area contributed by atoms with Crippen LogP contribution in [0.15, 0.2) is 18.2 Å². The molecule has 0 unspecified atom stereocenters. The number of carbonyl (C=O) groups excluding carboxylic acids is 1. The second kappa shape index (κ2) is 6.03. The van der Waals surface area contributed by atoms with Gasteiger partial charge in [0.25, 0.3) is 0 Å². The summed E-state index contributed by atoms with van der Waals surface area (Å²) in [5.41, 5.74) is -0.385. The second-order valence-corrected chi connectivity index (χ2v) is 4.99. The van der Waals surface area contributed by atoms with Crippen molar-refractivity contribution in [1.82, 2.24) is 5.32 Å². The molecule has 0 atom stereocenters. The van der Waals surface area contributed by atoms with E-state index in [0.717, 1.165) is 5.56 Å². The number of carboxylic acid groups (broad SMARTS) is 1. The third-order valence-electron chi connectivity index (χ3n) is 3.57. The van der Waals surface area contributed by atoms with E-state index >= 15 is 0 Å². The Balaban J connectivity index is 2.02. The van der Waals surface area contributed by atoms with E-state index in [1.165, 1.54) is 0 Å². The maximum atomic E-state index is 11.9. The molecule has 0 bridgehead atoms. The first-order chi connectivity index (χ1) is 10.0. The highest BCUT2D eigenvalue weighted by atomic mass is 16.5. The van der Waals surface area contributed by atoms with E-state index in [4.69, 9.17) is 14.6 Å². The number of methoxy groups -OCH3 is 1. The van der Waals surface area contributed by atoms with Crippen molar-refractivity contribution in [3.63, 3.8) is 0 Å². The van der Waals surface area contributed by atoms with E-state index in [1.807, 2.05) is 13.0 Å². The summed E-state index contributed by atoms with van der Waals surface area (Å²) in [6.07, 6.45) is 0.807. The fourth-order valence-corrected chi connectivity index (χ4v) is 2.11. The smallest absolute Gasteiger partial charge is 0.319 e. The highest BCUT2D eigenvalue weighted by Crippen LogP contribution is 2.46. The Bertz CT molecular complexity index is 551. The van der Waals surface area contributed by atoms with Crippen LogP contribution < -0.4 is 14.8 Å². The van der Waals surface area contributed by atoms with E-state index in [-0.39, 0.29) is 6.54 Å². The van der Waals surface area contributed by atoms with Gasteiger partial charge in [-0.1, -0.05) is 6.07 Å². The SMILES string of the molecule is CCOc1cc(CNC(=O)C2(C(=O)O)CC2)ccc1OC. The number of nitrogens with one attached hydrogen (secondary N) is 1. The Hall–Kier alpha value is -2.24. The molecule has 0 aromatic heterocycles. The lowest BCUT2D eigenvalue weighted by atomic mass is 10.1. The minimum Gasteiger partial charge on any atom is -0.493 e. The van der Waals surface area contributed by atoms with Crippen LogP contribution in [0, 0.1) is 5.41 Å². The lowest BCUT2D eigenvalue weighted by Gasteiger charge is -2.13. The van der Waals surface area contributed by atoms with E-state index in [2.05, 4.69) is 5.32 Å². The number of hydrogen-bond acceptors (Lipinski definition) is 4. The van der Waals surface area contributed by atoms with Gasteiger partial charge in [0, 0.05) is 6.54 Å². The molecule has 1 aliphatic carbocycles. The molecular formula is C15H19NO5. The van der Waals surface area contributed by atoms with Gasteiger partial charge in [-0.15, -0.1) is 0 Å². The maximum absolute atomic E-state index is 11.9. The monoisotopic (exact) mass is 293 g/mol. The van der Waals surface area contributed by atoms with Gasteiger partial charge >= 0.3 is 5.97 Å². The molecular weight excluding hydrogens is 274 g/mol. The summed E-state index contributed by atoms with van der Waals surface area (Å²) >= 11 is 0. The lowest BCUT2D eigenvalue weighted by Crippen LogP contribution is -2.36. The fraction of sp³-hybridized carbons (Fsp3) is 0.467. The summed E-state index contributed by atoms with van der Waals surface area (Å²) in [7, 11) is 1.56. The summed E-state index contributed by atoms with van der Waals surface area (Å²) in [5.74, 6) is -0.254. The molecule has 2 rings (SSSR count). The van der Waals surface area contributed by atoms with Crippen molar-refractivity contribution < 1.29 is 24.2 Å². The zero-order valence-corrected chi connectivity index (χ0v) is 12.1. The van der Waals surface area contributed by atoms with E-state index < -0.39 is 17.3 Å². The molecule has 114 valence electrons. The van der Waals surface area contributed by atoms with Crippen molar-refractivity contribution >= 4 is 11.9 Å². The molecule has 21 heavy (non-hydrogen) atoms. The van der Waals surface area contributed by atoms with Gasteiger partial charge in [0.2, 0.25) is 5.91 Å². The normalized spacial score (nSPS) is 15.1. The molecule has 6 nitrogen and oxygen atoms in total. The average molecular weight is 293 g/mol. The van der Waals surface area contributed by atoms with Gasteiger partial charge in [0.15, 0.2) is 11.5 Å². The van der Waals surface area contributed by atoms with Crippen molar-refractivity contribution in [3.05, 3.63) is 23.8 Å². The molecule has 0 radical (unpaired) electrons. The summed E-state index contributed by atoms with van der Waals surface area (Å²) in [6, 6.07) is 5.35. The van der Waals surface area contributed by atoms with E-state index in [1.54, 1.807) is 19.2 Å². The van der Waals surface area contributed by atoms with Crippen molar-refractivity contribution in [1.29, 1.82) is 0 Å². The molecule has 0 spiro atoms. The van der Waals surface area contributed by atoms with E-state index in [0.29, 0.717) is 30.9 Å². The quantitative estimate of drug-likeness (QED) is 0.745.